The number of nitriles is 1. The molecule has 0 radical (unpaired) electrons. The summed E-state index contributed by atoms with van der Waals surface area (Å²) in [5, 5.41) is 21.3. The number of rotatable bonds is 6. The smallest absolute Gasteiger partial charge is 0.534 e. The van der Waals surface area contributed by atoms with Gasteiger partial charge in [0.25, 0.3) is 0 Å². The summed E-state index contributed by atoms with van der Waals surface area (Å²) in [5.41, 5.74) is 0.960. The van der Waals surface area contributed by atoms with Crippen molar-refractivity contribution in [2.45, 2.75) is 39.1 Å². The highest BCUT2D eigenvalue weighted by atomic mass is 16.5. The SMILES string of the molecule is CC(C)COC(=O)c1cccc2c1OB(O)C(NC(=O)CCC#N)C2. The van der Waals surface area contributed by atoms with Gasteiger partial charge in [0.2, 0.25) is 5.91 Å². The van der Waals surface area contributed by atoms with Crippen LogP contribution in [-0.2, 0) is 16.0 Å². The largest absolute Gasteiger partial charge is 0.547 e. The van der Waals surface area contributed by atoms with E-state index in [1.807, 2.05) is 19.9 Å². The summed E-state index contributed by atoms with van der Waals surface area (Å²) < 4.78 is 10.7. The van der Waals surface area contributed by atoms with Crippen LogP contribution in [0.4, 0.5) is 0 Å². The van der Waals surface area contributed by atoms with Crippen molar-refractivity contribution in [3.63, 3.8) is 0 Å². The van der Waals surface area contributed by atoms with E-state index < -0.39 is 19.0 Å². The fourth-order valence-electron chi connectivity index (χ4n) is 2.48. The Labute approximate surface area is 147 Å². The molecular weight excluding hydrogens is 323 g/mol. The van der Waals surface area contributed by atoms with E-state index in [4.69, 9.17) is 14.7 Å². The minimum absolute atomic E-state index is 0.0636. The molecule has 0 saturated carbocycles. The maximum Gasteiger partial charge on any atom is 0.547 e. The Hall–Kier alpha value is -2.53. The number of benzene rings is 1. The zero-order chi connectivity index (χ0) is 18.4. The highest BCUT2D eigenvalue weighted by Gasteiger charge is 2.37. The number of amides is 1. The lowest BCUT2D eigenvalue weighted by molar-refractivity contribution is -0.121. The lowest BCUT2D eigenvalue weighted by Gasteiger charge is -2.29. The summed E-state index contributed by atoms with van der Waals surface area (Å²) in [6.07, 6.45) is 0.492. The molecule has 0 saturated heterocycles. The van der Waals surface area contributed by atoms with Crippen molar-refractivity contribution in [3.05, 3.63) is 29.3 Å². The molecule has 1 aromatic carbocycles. The van der Waals surface area contributed by atoms with Crippen LogP contribution in [0, 0.1) is 17.2 Å². The van der Waals surface area contributed by atoms with E-state index in [1.54, 1.807) is 18.2 Å². The third-order valence-electron chi connectivity index (χ3n) is 3.70. The molecule has 1 unspecified atom stereocenters. The van der Waals surface area contributed by atoms with Crippen molar-refractivity contribution in [1.82, 2.24) is 5.32 Å². The molecule has 1 aromatic rings. The first-order chi connectivity index (χ1) is 11.9. The van der Waals surface area contributed by atoms with Gasteiger partial charge in [0.1, 0.15) is 11.3 Å². The number of nitrogens with zero attached hydrogens (tertiary/aromatic N) is 1. The molecule has 2 rings (SSSR count). The number of para-hydroxylation sites is 1. The third kappa shape index (κ3) is 4.97. The van der Waals surface area contributed by atoms with E-state index in [0.717, 1.165) is 0 Å². The van der Waals surface area contributed by atoms with Gasteiger partial charge in [-0.1, -0.05) is 26.0 Å². The quantitative estimate of drug-likeness (QED) is 0.594. The van der Waals surface area contributed by atoms with Gasteiger partial charge >= 0.3 is 13.1 Å². The predicted molar refractivity (Wildman–Crippen MR) is 90.6 cm³/mol. The number of carbonyl (C=O) groups is 2. The lowest BCUT2D eigenvalue weighted by Crippen LogP contribution is -2.53. The van der Waals surface area contributed by atoms with Crippen LogP contribution in [0.5, 0.6) is 5.75 Å². The number of hydrogen-bond acceptors (Lipinski definition) is 6. The molecule has 8 heteroatoms. The van der Waals surface area contributed by atoms with E-state index >= 15 is 0 Å². The minimum atomic E-state index is -1.28. The van der Waals surface area contributed by atoms with Gasteiger partial charge in [0.05, 0.1) is 18.6 Å². The molecule has 1 heterocycles. The molecule has 0 bridgehead atoms. The first-order valence-electron chi connectivity index (χ1n) is 8.22. The van der Waals surface area contributed by atoms with Gasteiger partial charge in [-0.25, -0.2) is 4.79 Å². The number of esters is 1. The molecule has 0 aromatic heterocycles. The molecule has 7 nitrogen and oxygen atoms in total. The van der Waals surface area contributed by atoms with Crippen LogP contribution >= 0.6 is 0 Å². The van der Waals surface area contributed by atoms with Crippen LogP contribution in [-0.4, -0.2) is 36.6 Å². The lowest BCUT2D eigenvalue weighted by atomic mass is 9.72. The van der Waals surface area contributed by atoms with Gasteiger partial charge in [-0.15, -0.1) is 0 Å². The summed E-state index contributed by atoms with van der Waals surface area (Å²) in [5.74, 6) is -0.977. The van der Waals surface area contributed by atoms with Crippen molar-refractivity contribution < 1.29 is 24.0 Å². The van der Waals surface area contributed by atoms with Gasteiger partial charge < -0.3 is 19.7 Å². The van der Waals surface area contributed by atoms with E-state index in [9.17, 15) is 14.6 Å². The molecule has 1 atom stereocenters. The van der Waals surface area contributed by atoms with Crippen LogP contribution in [0.3, 0.4) is 0 Å². The molecule has 0 fully saturated rings. The molecule has 0 spiro atoms. The third-order valence-corrected chi connectivity index (χ3v) is 3.70. The van der Waals surface area contributed by atoms with E-state index in [-0.39, 0.29) is 36.0 Å². The molecule has 25 heavy (non-hydrogen) atoms. The van der Waals surface area contributed by atoms with Crippen LogP contribution in [0.1, 0.15) is 42.6 Å². The van der Waals surface area contributed by atoms with Gasteiger partial charge in [0, 0.05) is 12.8 Å². The van der Waals surface area contributed by atoms with Crippen molar-refractivity contribution >= 4 is 19.0 Å². The first kappa shape index (κ1) is 18.8. The van der Waals surface area contributed by atoms with Crippen LogP contribution in [0.15, 0.2) is 18.2 Å². The molecule has 1 aliphatic rings. The Kier molecular flexibility index (Phi) is 6.42. The normalized spacial score (nSPS) is 15.8. The average Bonchev–Trinajstić information content (AvgIpc) is 2.58. The molecule has 0 aliphatic carbocycles. The standard InChI is InChI=1S/C17H21BN2O5/c1-11(2)10-24-17(22)13-6-3-5-12-9-14(18(23)25-16(12)13)20-15(21)7-4-8-19/h3,5-6,11,14,23H,4,7,9-10H2,1-2H3,(H,20,21). The fraction of sp³-hybridized carbons (Fsp3) is 0.471. The second kappa shape index (κ2) is 8.54. The maximum absolute atomic E-state index is 12.2. The Balaban J connectivity index is 2.11. The van der Waals surface area contributed by atoms with Gasteiger partial charge in [-0.3, -0.25) is 4.79 Å². The Morgan fingerprint density at radius 2 is 2.28 bits per heavy atom. The van der Waals surface area contributed by atoms with Gasteiger partial charge in [-0.2, -0.15) is 5.26 Å². The monoisotopic (exact) mass is 344 g/mol. The summed E-state index contributed by atoms with van der Waals surface area (Å²) >= 11 is 0. The van der Waals surface area contributed by atoms with Crippen molar-refractivity contribution in [3.8, 4) is 11.8 Å². The first-order valence-corrected chi connectivity index (χ1v) is 8.22. The van der Waals surface area contributed by atoms with Crippen molar-refractivity contribution in [2.24, 2.45) is 5.92 Å². The van der Waals surface area contributed by atoms with E-state index in [2.05, 4.69) is 5.32 Å². The Morgan fingerprint density at radius 1 is 1.52 bits per heavy atom. The second-order valence-electron chi connectivity index (χ2n) is 6.33. The van der Waals surface area contributed by atoms with Crippen LogP contribution < -0.4 is 9.97 Å². The van der Waals surface area contributed by atoms with E-state index in [0.29, 0.717) is 18.6 Å². The zero-order valence-electron chi connectivity index (χ0n) is 14.3. The van der Waals surface area contributed by atoms with Crippen LogP contribution in [0.25, 0.3) is 0 Å². The molecule has 1 aliphatic heterocycles. The zero-order valence-corrected chi connectivity index (χ0v) is 14.3. The Bertz CT molecular complexity index is 686. The predicted octanol–water partition coefficient (Wildman–Crippen LogP) is 1.24. The summed E-state index contributed by atoms with van der Waals surface area (Å²) in [6, 6.07) is 6.96. The number of ether oxygens (including phenoxy) is 1. The topological polar surface area (TPSA) is 109 Å². The van der Waals surface area contributed by atoms with Crippen molar-refractivity contribution in [1.29, 1.82) is 5.26 Å². The molecule has 1 amide bonds. The summed E-state index contributed by atoms with van der Waals surface area (Å²) in [7, 11) is -1.28. The van der Waals surface area contributed by atoms with Crippen LogP contribution in [0.2, 0.25) is 0 Å². The maximum atomic E-state index is 12.2. The average molecular weight is 344 g/mol. The van der Waals surface area contributed by atoms with Gasteiger partial charge in [-0.05, 0) is 24.0 Å². The summed E-state index contributed by atoms with van der Waals surface area (Å²) in [6.45, 7) is 4.17. The molecule has 2 N–H and O–H groups in total. The molecular formula is C17H21BN2O5. The van der Waals surface area contributed by atoms with Gasteiger partial charge in [0.15, 0.2) is 0 Å². The minimum Gasteiger partial charge on any atom is -0.534 e. The fourth-order valence-corrected chi connectivity index (χ4v) is 2.48. The number of carbonyl (C=O) groups excluding carboxylic acids is 2. The van der Waals surface area contributed by atoms with E-state index in [1.165, 1.54) is 0 Å². The second-order valence-corrected chi connectivity index (χ2v) is 6.33. The highest BCUT2D eigenvalue weighted by Crippen LogP contribution is 2.30. The Morgan fingerprint density at radius 3 is 2.96 bits per heavy atom. The number of fused-ring (bicyclic) bond motifs is 1. The van der Waals surface area contributed by atoms with Crippen molar-refractivity contribution in [2.75, 3.05) is 6.61 Å². The number of hydrogen-bond donors (Lipinski definition) is 2. The number of nitrogens with one attached hydrogen (secondary N) is 1. The molecule has 132 valence electrons. The summed E-state index contributed by atoms with van der Waals surface area (Å²) in [4.78, 5) is 24.0. The highest BCUT2D eigenvalue weighted by molar-refractivity contribution is 6.47.